The van der Waals surface area contributed by atoms with Crippen molar-refractivity contribution in [3.05, 3.63) is 59.4 Å². The van der Waals surface area contributed by atoms with Gasteiger partial charge in [0.05, 0.1) is 16.8 Å². The number of hydrogen-bond acceptors (Lipinski definition) is 3. The molecule has 0 aliphatic heterocycles. The van der Waals surface area contributed by atoms with E-state index in [9.17, 15) is 9.90 Å². The number of nitrogens with zero attached hydrogens (tertiary/aromatic N) is 1. The molecule has 0 fully saturated rings. The Kier molecular flexibility index (Phi) is 4.98. The summed E-state index contributed by atoms with van der Waals surface area (Å²) in [6, 6.07) is 14.4. The predicted octanol–water partition coefficient (Wildman–Crippen LogP) is 5.82. The van der Waals surface area contributed by atoms with E-state index in [1.807, 2.05) is 52.8 Å². The van der Waals surface area contributed by atoms with E-state index in [-0.39, 0.29) is 22.5 Å². The zero-order chi connectivity index (χ0) is 19.8. The molecule has 0 unspecified atom stereocenters. The van der Waals surface area contributed by atoms with Crippen LogP contribution in [0.2, 0.25) is 0 Å². The lowest BCUT2D eigenvalue weighted by Crippen LogP contribution is -2.31. The van der Waals surface area contributed by atoms with Crippen molar-refractivity contribution in [1.82, 2.24) is 0 Å². The van der Waals surface area contributed by atoms with Crippen LogP contribution in [0.1, 0.15) is 53.0 Å². The zero-order valence-corrected chi connectivity index (χ0v) is 17.0. The van der Waals surface area contributed by atoms with Gasteiger partial charge in [-0.1, -0.05) is 56.3 Å². The van der Waals surface area contributed by atoms with Gasteiger partial charge in [0.15, 0.2) is 5.78 Å². The molecule has 0 bridgehead atoms. The average molecular weight is 364 g/mol. The molecule has 0 saturated carbocycles. The van der Waals surface area contributed by atoms with Crippen molar-refractivity contribution in [2.24, 2.45) is 10.4 Å². The fourth-order valence-electron chi connectivity index (χ4n) is 3.83. The summed E-state index contributed by atoms with van der Waals surface area (Å²) in [5.74, 6) is 0.173. The lowest BCUT2D eigenvalue weighted by atomic mass is 9.75. The monoisotopic (exact) mass is 363 g/mol. The number of benzene rings is 2. The summed E-state index contributed by atoms with van der Waals surface area (Å²) in [6.45, 7) is 10.1. The smallest absolute Gasteiger partial charge is 0.168 e. The van der Waals surface area contributed by atoms with Gasteiger partial charge in [-0.2, -0.15) is 0 Å². The van der Waals surface area contributed by atoms with Gasteiger partial charge in [-0.05, 0) is 42.5 Å². The highest BCUT2D eigenvalue weighted by Crippen LogP contribution is 2.37. The average Bonchev–Trinajstić information content (AvgIpc) is 2.51. The Bertz CT molecular complexity index is 937. The minimum Gasteiger partial charge on any atom is -0.511 e. The maximum absolute atomic E-state index is 12.9. The Labute approximate surface area is 161 Å². The van der Waals surface area contributed by atoms with Crippen LogP contribution in [-0.4, -0.2) is 22.1 Å². The van der Waals surface area contributed by atoms with E-state index in [0.29, 0.717) is 30.5 Å². The number of allylic oxidation sites excluding steroid dienone is 2. The van der Waals surface area contributed by atoms with Crippen LogP contribution in [0.15, 0.2) is 58.8 Å². The van der Waals surface area contributed by atoms with Gasteiger partial charge in [-0.15, -0.1) is 0 Å². The number of rotatable bonds is 3. The molecule has 0 radical (unpaired) electrons. The predicted molar refractivity (Wildman–Crippen MR) is 113 cm³/mol. The topological polar surface area (TPSA) is 49.7 Å². The van der Waals surface area contributed by atoms with Crippen LogP contribution in [-0.2, 0) is 11.2 Å². The Balaban J connectivity index is 2.11. The van der Waals surface area contributed by atoms with Gasteiger partial charge in [0, 0.05) is 19.3 Å². The number of fused-ring (bicyclic) bond motifs is 1. The first kappa shape index (κ1) is 19.3. The van der Waals surface area contributed by atoms with Gasteiger partial charge >= 0.3 is 0 Å². The first-order valence-corrected chi connectivity index (χ1v) is 9.57. The molecule has 3 rings (SSSR count). The van der Waals surface area contributed by atoms with E-state index in [4.69, 9.17) is 4.99 Å². The fourth-order valence-corrected chi connectivity index (χ4v) is 3.83. The van der Waals surface area contributed by atoms with Crippen LogP contribution >= 0.6 is 0 Å². The summed E-state index contributed by atoms with van der Waals surface area (Å²) >= 11 is 0. The van der Waals surface area contributed by atoms with Crippen LogP contribution in [0, 0.1) is 5.41 Å². The lowest BCUT2D eigenvalue weighted by Gasteiger charge is -2.30. The van der Waals surface area contributed by atoms with Crippen LogP contribution in [0.25, 0.3) is 10.8 Å². The highest BCUT2D eigenvalue weighted by Gasteiger charge is 2.35. The van der Waals surface area contributed by atoms with Gasteiger partial charge in [-0.25, -0.2) is 0 Å². The van der Waals surface area contributed by atoms with E-state index < -0.39 is 0 Å². The number of aliphatic hydroxyl groups is 1. The quantitative estimate of drug-likeness (QED) is 0.698. The molecule has 0 amide bonds. The fraction of sp³-hybridized carbons (Fsp3) is 0.417. The maximum atomic E-state index is 12.9. The number of ketones is 1. The summed E-state index contributed by atoms with van der Waals surface area (Å²) in [5, 5.41) is 13.0. The van der Waals surface area contributed by atoms with E-state index in [2.05, 4.69) is 24.3 Å². The van der Waals surface area contributed by atoms with Crippen LogP contribution in [0.4, 0.5) is 0 Å². The van der Waals surface area contributed by atoms with E-state index in [1.54, 1.807) is 0 Å². The highest BCUT2D eigenvalue weighted by molar-refractivity contribution is 6.24. The molecule has 1 N–H and O–H groups in total. The molecule has 0 spiro atoms. The van der Waals surface area contributed by atoms with Crippen molar-refractivity contribution >= 4 is 22.3 Å². The number of hydrogen-bond donors (Lipinski definition) is 1. The van der Waals surface area contributed by atoms with Gasteiger partial charge in [-0.3, -0.25) is 9.79 Å². The Hall–Kier alpha value is -2.42. The minimum absolute atomic E-state index is 0.00742. The molecular weight excluding hydrogens is 334 g/mol. The number of carbonyl (C=O) groups excluding carboxylic acids is 1. The molecule has 0 atom stereocenters. The lowest BCUT2D eigenvalue weighted by molar-refractivity contribution is -0.117. The SMILES string of the molecule is CC1(C)CC(=O)C(C(Cc2cccc3ccccc23)=NC(C)(C)C)=C(O)C1. The van der Waals surface area contributed by atoms with E-state index in [1.165, 1.54) is 5.39 Å². The normalized spacial score (nSPS) is 18.3. The van der Waals surface area contributed by atoms with E-state index >= 15 is 0 Å². The molecule has 142 valence electrons. The van der Waals surface area contributed by atoms with Crippen molar-refractivity contribution in [2.75, 3.05) is 0 Å². The first-order valence-electron chi connectivity index (χ1n) is 9.57. The highest BCUT2D eigenvalue weighted by atomic mass is 16.3. The summed E-state index contributed by atoms with van der Waals surface area (Å²) in [5.41, 5.74) is 1.69. The largest absolute Gasteiger partial charge is 0.511 e. The van der Waals surface area contributed by atoms with Crippen molar-refractivity contribution in [2.45, 2.75) is 59.4 Å². The minimum atomic E-state index is -0.333. The number of Topliss-reactive ketones (excluding diaryl/α,β-unsaturated/α-hetero) is 1. The second-order valence-corrected chi connectivity index (χ2v) is 9.31. The molecule has 27 heavy (non-hydrogen) atoms. The molecule has 0 saturated heterocycles. The molecular formula is C24H29NO2. The number of aliphatic imine (C=N–C) groups is 1. The molecule has 2 aromatic rings. The van der Waals surface area contributed by atoms with Crippen molar-refractivity contribution in [1.29, 1.82) is 0 Å². The maximum Gasteiger partial charge on any atom is 0.168 e. The molecule has 2 aromatic carbocycles. The summed E-state index contributed by atoms with van der Waals surface area (Å²) in [7, 11) is 0. The Morgan fingerprint density at radius 3 is 2.41 bits per heavy atom. The second-order valence-electron chi connectivity index (χ2n) is 9.31. The number of carbonyl (C=O) groups is 1. The Morgan fingerprint density at radius 1 is 1.07 bits per heavy atom. The molecule has 3 heteroatoms. The van der Waals surface area contributed by atoms with Crippen LogP contribution in [0.3, 0.4) is 0 Å². The summed E-state index contributed by atoms with van der Waals surface area (Å²) < 4.78 is 0. The number of aliphatic hydroxyl groups excluding tert-OH is 1. The van der Waals surface area contributed by atoms with Crippen molar-refractivity contribution in [3.8, 4) is 0 Å². The molecule has 0 heterocycles. The third kappa shape index (κ3) is 4.47. The second kappa shape index (κ2) is 6.95. The molecule has 3 nitrogen and oxygen atoms in total. The van der Waals surface area contributed by atoms with Crippen LogP contribution in [0.5, 0.6) is 0 Å². The van der Waals surface area contributed by atoms with Gasteiger partial charge < -0.3 is 5.11 Å². The molecule has 0 aromatic heterocycles. The van der Waals surface area contributed by atoms with Crippen molar-refractivity contribution in [3.63, 3.8) is 0 Å². The Morgan fingerprint density at radius 2 is 1.74 bits per heavy atom. The summed E-state index contributed by atoms with van der Waals surface area (Å²) in [4.78, 5) is 17.8. The molecule has 1 aliphatic carbocycles. The van der Waals surface area contributed by atoms with Crippen molar-refractivity contribution < 1.29 is 9.90 Å². The third-order valence-corrected chi connectivity index (χ3v) is 4.85. The standard InChI is InChI=1S/C24H29NO2/c1-23(2,3)25-19(22-20(26)14-24(4,5)15-21(22)27)13-17-11-8-10-16-9-6-7-12-18(16)17/h6-12,26H,13-15H2,1-5H3. The first-order chi connectivity index (χ1) is 12.6. The van der Waals surface area contributed by atoms with E-state index in [0.717, 1.165) is 10.9 Å². The van der Waals surface area contributed by atoms with Gasteiger partial charge in [0.1, 0.15) is 5.76 Å². The van der Waals surface area contributed by atoms with Gasteiger partial charge in [0.2, 0.25) is 0 Å². The summed E-state index contributed by atoms with van der Waals surface area (Å²) in [6.07, 6.45) is 1.47. The third-order valence-electron chi connectivity index (χ3n) is 4.85. The van der Waals surface area contributed by atoms with Crippen LogP contribution < -0.4 is 0 Å². The molecule has 1 aliphatic rings. The van der Waals surface area contributed by atoms with Gasteiger partial charge in [0.25, 0.3) is 0 Å². The zero-order valence-electron chi connectivity index (χ0n) is 17.0.